The quantitative estimate of drug-likeness (QED) is 0.539. The summed E-state index contributed by atoms with van der Waals surface area (Å²) in [5, 5.41) is -0.758. The van der Waals surface area contributed by atoms with Gasteiger partial charge in [-0.15, -0.1) is 11.8 Å². The van der Waals surface area contributed by atoms with Gasteiger partial charge < -0.3 is 19.1 Å². The molecular formula is C26H23NO5S. The van der Waals surface area contributed by atoms with Crippen molar-refractivity contribution < 1.29 is 23.8 Å². The lowest BCUT2D eigenvalue weighted by Crippen LogP contribution is -2.51. The topological polar surface area (TPSA) is 65.1 Å². The van der Waals surface area contributed by atoms with Crippen molar-refractivity contribution in [3.8, 4) is 16.9 Å². The van der Waals surface area contributed by atoms with Crippen LogP contribution in [0.25, 0.3) is 11.1 Å². The number of carbonyl (C=O) groups is 2. The Kier molecular flexibility index (Phi) is 5.29. The van der Waals surface area contributed by atoms with Crippen molar-refractivity contribution >= 4 is 29.4 Å². The lowest BCUT2D eigenvalue weighted by molar-refractivity contribution is -0.143. The Labute approximate surface area is 196 Å². The molecule has 2 atom stereocenters. The summed E-state index contributed by atoms with van der Waals surface area (Å²) in [6.07, 6.45) is 0. The molecule has 0 bridgehead atoms. The fourth-order valence-electron chi connectivity index (χ4n) is 4.97. The summed E-state index contributed by atoms with van der Waals surface area (Å²) in [6, 6.07) is 22.6. The van der Waals surface area contributed by atoms with Gasteiger partial charge in [0, 0.05) is 5.69 Å². The Morgan fingerprint density at radius 2 is 1.33 bits per heavy atom. The van der Waals surface area contributed by atoms with E-state index in [0.29, 0.717) is 11.4 Å². The molecule has 6 nitrogen and oxygen atoms in total. The van der Waals surface area contributed by atoms with Gasteiger partial charge in [0.15, 0.2) is 11.4 Å². The van der Waals surface area contributed by atoms with Gasteiger partial charge in [0.25, 0.3) is 0 Å². The number of rotatable bonds is 4. The fourth-order valence-corrected chi connectivity index (χ4v) is 6.82. The Bertz CT molecular complexity index is 1180. The average molecular weight is 462 g/mol. The summed E-state index contributed by atoms with van der Waals surface area (Å²) in [5.41, 5.74) is 4.77. The molecule has 3 aromatic rings. The Balaban J connectivity index is 1.79. The lowest BCUT2D eigenvalue weighted by Gasteiger charge is -2.35. The van der Waals surface area contributed by atoms with Gasteiger partial charge in [-0.2, -0.15) is 0 Å². The van der Waals surface area contributed by atoms with Crippen LogP contribution in [0.1, 0.15) is 11.1 Å². The number of methoxy groups -OCH3 is 3. The molecule has 1 aliphatic carbocycles. The van der Waals surface area contributed by atoms with Crippen LogP contribution in [-0.2, 0) is 23.8 Å². The van der Waals surface area contributed by atoms with Gasteiger partial charge >= 0.3 is 11.9 Å². The van der Waals surface area contributed by atoms with Crippen LogP contribution < -0.4 is 9.64 Å². The van der Waals surface area contributed by atoms with Crippen LogP contribution >= 0.6 is 11.8 Å². The van der Waals surface area contributed by atoms with Crippen molar-refractivity contribution in [3.63, 3.8) is 0 Å². The minimum atomic E-state index is -0.848. The SMILES string of the molecule is COC(=O)[C@H]1SC2(c3ccccc3-c3ccccc32)[C@@H](C(=O)OC)N1c1ccc(OC)cc1. The third-order valence-electron chi connectivity index (χ3n) is 6.36. The number of thioether (sulfide) groups is 1. The van der Waals surface area contributed by atoms with E-state index < -0.39 is 28.1 Å². The first-order valence-electron chi connectivity index (χ1n) is 10.5. The second-order valence-corrected chi connectivity index (χ2v) is 9.18. The number of nitrogens with zero attached hydrogens (tertiary/aromatic N) is 1. The van der Waals surface area contributed by atoms with E-state index in [1.807, 2.05) is 65.6 Å². The number of esters is 2. The van der Waals surface area contributed by atoms with E-state index in [1.54, 1.807) is 7.11 Å². The zero-order chi connectivity index (χ0) is 23.2. The average Bonchev–Trinajstić information content (AvgIpc) is 3.38. The molecular weight excluding hydrogens is 438 g/mol. The van der Waals surface area contributed by atoms with Crippen molar-refractivity contribution in [2.24, 2.45) is 0 Å². The van der Waals surface area contributed by atoms with Crippen molar-refractivity contribution in [1.29, 1.82) is 0 Å². The van der Waals surface area contributed by atoms with Gasteiger partial charge in [0.1, 0.15) is 10.5 Å². The highest BCUT2D eigenvalue weighted by molar-refractivity contribution is 8.02. The third-order valence-corrected chi connectivity index (χ3v) is 8.03. The number of benzene rings is 3. The van der Waals surface area contributed by atoms with E-state index in [0.717, 1.165) is 22.3 Å². The first-order chi connectivity index (χ1) is 16.1. The molecule has 33 heavy (non-hydrogen) atoms. The maximum absolute atomic E-state index is 13.5. The number of carbonyl (C=O) groups excluding carboxylic acids is 2. The largest absolute Gasteiger partial charge is 0.497 e. The Hall–Kier alpha value is -3.45. The summed E-state index contributed by atoms with van der Waals surface area (Å²) in [6.45, 7) is 0. The van der Waals surface area contributed by atoms with Crippen LogP contribution in [0.3, 0.4) is 0 Å². The molecule has 1 spiro atoms. The summed E-state index contributed by atoms with van der Waals surface area (Å²) in [5.74, 6) is -0.166. The number of anilines is 1. The number of ether oxygens (including phenoxy) is 3. The zero-order valence-electron chi connectivity index (χ0n) is 18.5. The van der Waals surface area contributed by atoms with Crippen LogP contribution in [-0.4, -0.2) is 44.7 Å². The molecule has 0 radical (unpaired) electrons. The highest BCUT2D eigenvalue weighted by Gasteiger charge is 2.64. The molecule has 0 unspecified atom stereocenters. The monoisotopic (exact) mass is 461 g/mol. The minimum absolute atomic E-state index is 0.420. The smallest absolute Gasteiger partial charge is 0.339 e. The van der Waals surface area contributed by atoms with Crippen molar-refractivity contribution in [2.45, 2.75) is 16.2 Å². The van der Waals surface area contributed by atoms with Crippen molar-refractivity contribution in [2.75, 3.05) is 26.2 Å². The molecule has 0 N–H and O–H groups in total. The normalized spacial score (nSPS) is 19.7. The molecule has 5 rings (SSSR count). The molecule has 1 aliphatic heterocycles. The van der Waals surface area contributed by atoms with Crippen LogP contribution in [0.5, 0.6) is 5.75 Å². The summed E-state index contributed by atoms with van der Waals surface area (Å²) in [7, 11) is 4.34. The van der Waals surface area contributed by atoms with Crippen molar-refractivity contribution in [3.05, 3.63) is 83.9 Å². The van der Waals surface area contributed by atoms with Gasteiger partial charge in [-0.05, 0) is 46.5 Å². The third kappa shape index (κ3) is 3.03. The molecule has 1 fully saturated rings. The van der Waals surface area contributed by atoms with Gasteiger partial charge in [0.2, 0.25) is 0 Å². The molecule has 0 aromatic heterocycles. The first kappa shape index (κ1) is 21.4. The maximum atomic E-state index is 13.5. The number of fused-ring (bicyclic) bond motifs is 5. The van der Waals surface area contributed by atoms with Gasteiger partial charge in [-0.3, -0.25) is 0 Å². The van der Waals surface area contributed by atoms with E-state index in [2.05, 4.69) is 12.1 Å². The molecule has 1 heterocycles. The molecule has 0 saturated carbocycles. The van der Waals surface area contributed by atoms with E-state index in [1.165, 1.54) is 26.0 Å². The van der Waals surface area contributed by atoms with Crippen LogP contribution in [0.15, 0.2) is 72.8 Å². The number of hydrogen-bond donors (Lipinski definition) is 0. The van der Waals surface area contributed by atoms with E-state index >= 15 is 0 Å². The predicted molar refractivity (Wildman–Crippen MR) is 127 cm³/mol. The Morgan fingerprint density at radius 1 is 0.788 bits per heavy atom. The zero-order valence-corrected chi connectivity index (χ0v) is 19.3. The molecule has 7 heteroatoms. The van der Waals surface area contributed by atoms with E-state index in [4.69, 9.17) is 14.2 Å². The molecule has 3 aromatic carbocycles. The second-order valence-electron chi connectivity index (χ2n) is 7.85. The van der Waals surface area contributed by atoms with Gasteiger partial charge in [0.05, 0.1) is 21.3 Å². The molecule has 2 aliphatic rings. The predicted octanol–water partition coefficient (Wildman–Crippen LogP) is 4.21. The number of hydrogen-bond acceptors (Lipinski definition) is 7. The first-order valence-corrected chi connectivity index (χ1v) is 11.4. The van der Waals surface area contributed by atoms with E-state index in [-0.39, 0.29) is 0 Å². The van der Waals surface area contributed by atoms with Crippen molar-refractivity contribution in [1.82, 2.24) is 0 Å². The Morgan fingerprint density at radius 3 is 1.85 bits per heavy atom. The highest BCUT2D eigenvalue weighted by atomic mass is 32.2. The summed E-state index contributed by atoms with van der Waals surface area (Å²) >= 11 is 1.42. The minimum Gasteiger partial charge on any atom is -0.497 e. The summed E-state index contributed by atoms with van der Waals surface area (Å²) < 4.78 is 15.0. The molecule has 0 amide bonds. The fraction of sp³-hybridized carbons (Fsp3) is 0.231. The maximum Gasteiger partial charge on any atom is 0.339 e. The van der Waals surface area contributed by atoms with Crippen LogP contribution in [0.2, 0.25) is 0 Å². The second kappa shape index (κ2) is 8.15. The van der Waals surface area contributed by atoms with Gasteiger partial charge in [-0.1, -0.05) is 48.5 Å². The highest BCUT2D eigenvalue weighted by Crippen LogP contribution is 2.63. The van der Waals surface area contributed by atoms with E-state index in [9.17, 15) is 9.59 Å². The van der Waals surface area contributed by atoms with Gasteiger partial charge in [-0.25, -0.2) is 9.59 Å². The van der Waals surface area contributed by atoms with Crippen LogP contribution in [0, 0.1) is 0 Å². The summed E-state index contributed by atoms with van der Waals surface area (Å²) in [4.78, 5) is 28.4. The molecule has 1 saturated heterocycles. The molecule has 168 valence electrons. The van der Waals surface area contributed by atoms with Crippen LogP contribution in [0.4, 0.5) is 5.69 Å². The standard InChI is InChI=1S/C26H23NO5S/c1-30-17-14-12-16(13-15-17)27-22(24(28)31-2)26(33-23(27)25(29)32-3)20-10-6-4-8-18(20)19-9-5-7-11-21(19)26/h4-15,22-23H,1-3H3/t22-,23-/m1/s1. The lowest BCUT2D eigenvalue weighted by atomic mass is 9.87.